The third-order valence-electron chi connectivity index (χ3n) is 2.60. The zero-order valence-electron chi connectivity index (χ0n) is 10.1. The first-order valence-corrected chi connectivity index (χ1v) is 7.94. The number of halogens is 1. The molecule has 4 nitrogen and oxygen atoms in total. The van der Waals surface area contributed by atoms with E-state index in [-0.39, 0.29) is 4.99 Å². The molecule has 100 valence electrons. The molecule has 0 aliphatic heterocycles. The highest BCUT2D eigenvalue weighted by molar-refractivity contribution is 9.10. The molecule has 1 unspecified atom stereocenters. The van der Waals surface area contributed by atoms with E-state index < -0.39 is 15.3 Å². The first-order chi connectivity index (χ1) is 8.25. The van der Waals surface area contributed by atoms with Crippen LogP contribution in [0.2, 0.25) is 0 Å². The number of sulfonamides is 1. The maximum absolute atomic E-state index is 12.1. The molecule has 1 rings (SSSR count). The van der Waals surface area contributed by atoms with E-state index in [0.717, 1.165) is 10.0 Å². The molecule has 1 aromatic carbocycles. The number of thiocarbonyl (C=S) groups is 1. The highest BCUT2D eigenvalue weighted by atomic mass is 79.9. The summed E-state index contributed by atoms with van der Waals surface area (Å²) in [6.07, 6.45) is 0. The molecule has 0 saturated heterocycles. The number of hydrogen-bond donors (Lipinski definition) is 1. The van der Waals surface area contributed by atoms with E-state index in [2.05, 4.69) is 15.9 Å². The molecule has 0 spiro atoms. The summed E-state index contributed by atoms with van der Waals surface area (Å²) >= 11 is 8.06. The normalized spacial score (nSPS) is 13.6. The minimum absolute atomic E-state index is 0.0161. The second kappa shape index (κ2) is 6.10. The van der Waals surface area contributed by atoms with Crippen LogP contribution in [-0.4, -0.2) is 30.0 Å². The Balaban J connectivity index is 2.85. The molecule has 2 N–H and O–H groups in total. The summed E-state index contributed by atoms with van der Waals surface area (Å²) in [6.45, 7) is 1.79. The van der Waals surface area contributed by atoms with Gasteiger partial charge in [0.15, 0.2) is 0 Å². The molecule has 0 fully saturated rings. The topological polar surface area (TPSA) is 63.4 Å². The van der Waals surface area contributed by atoms with Gasteiger partial charge >= 0.3 is 0 Å². The van der Waals surface area contributed by atoms with Crippen molar-refractivity contribution >= 4 is 43.2 Å². The van der Waals surface area contributed by atoms with Gasteiger partial charge in [0.2, 0.25) is 10.0 Å². The van der Waals surface area contributed by atoms with Gasteiger partial charge in [0.25, 0.3) is 0 Å². The Bertz CT molecular complexity index is 528. The zero-order valence-corrected chi connectivity index (χ0v) is 13.3. The van der Waals surface area contributed by atoms with E-state index in [1.54, 1.807) is 0 Å². The largest absolute Gasteiger partial charge is 0.392 e. The standard InChI is InChI=1S/C11H15BrN2O2S2/c1-8(11(13)17)18(15,16)14(2)7-9-3-5-10(12)6-4-9/h3-6,8H,7H2,1-2H3,(H2,13,17). The van der Waals surface area contributed by atoms with E-state index in [4.69, 9.17) is 18.0 Å². The molecule has 1 aromatic rings. The predicted molar refractivity (Wildman–Crippen MR) is 80.8 cm³/mol. The average molecular weight is 351 g/mol. The van der Waals surface area contributed by atoms with Crippen molar-refractivity contribution in [3.63, 3.8) is 0 Å². The molecule has 18 heavy (non-hydrogen) atoms. The van der Waals surface area contributed by atoms with Gasteiger partial charge in [-0.05, 0) is 24.6 Å². The highest BCUT2D eigenvalue weighted by Crippen LogP contribution is 2.15. The highest BCUT2D eigenvalue weighted by Gasteiger charge is 2.27. The molecule has 1 atom stereocenters. The Morgan fingerprint density at radius 3 is 2.39 bits per heavy atom. The minimum Gasteiger partial charge on any atom is -0.392 e. The van der Waals surface area contributed by atoms with Crippen LogP contribution in [-0.2, 0) is 16.6 Å². The molecule has 0 saturated carbocycles. The lowest BCUT2D eigenvalue weighted by atomic mass is 10.2. The summed E-state index contributed by atoms with van der Waals surface area (Å²) in [6, 6.07) is 7.46. The Morgan fingerprint density at radius 2 is 1.94 bits per heavy atom. The third-order valence-corrected chi connectivity index (χ3v) is 5.78. The van der Waals surface area contributed by atoms with Gasteiger partial charge in [-0.15, -0.1) is 0 Å². The summed E-state index contributed by atoms with van der Waals surface area (Å²) in [4.78, 5) is -0.0161. The van der Waals surface area contributed by atoms with Gasteiger partial charge in [0.1, 0.15) is 5.25 Å². The maximum atomic E-state index is 12.1. The summed E-state index contributed by atoms with van der Waals surface area (Å²) in [5.41, 5.74) is 6.29. The molecule has 0 aromatic heterocycles. The molecule has 0 radical (unpaired) electrons. The summed E-state index contributed by atoms with van der Waals surface area (Å²) in [5.74, 6) is 0. The van der Waals surface area contributed by atoms with Crippen LogP contribution < -0.4 is 5.73 Å². The smallest absolute Gasteiger partial charge is 0.223 e. The van der Waals surface area contributed by atoms with Gasteiger partial charge in [-0.2, -0.15) is 0 Å². The van der Waals surface area contributed by atoms with E-state index in [9.17, 15) is 8.42 Å². The van der Waals surface area contributed by atoms with Crippen molar-refractivity contribution in [2.45, 2.75) is 18.7 Å². The molecular weight excluding hydrogens is 336 g/mol. The number of rotatable bonds is 5. The van der Waals surface area contributed by atoms with E-state index in [0.29, 0.717) is 6.54 Å². The van der Waals surface area contributed by atoms with Crippen molar-refractivity contribution < 1.29 is 8.42 Å². The molecular formula is C11H15BrN2O2S2. The van der Waals surface area contributed by atoms with Gasteiger partial charge in [-0.1, -0.05) is 40.3 Å². The SMILES string of the molecule is CC(C(N)=S)S(=O)(=O)N(C)Cc1ccc(Br)cc1. The predicted octanol–water partition coefficient (Wildman–Crippen LogP) is 1.89. The summed E-state index contributed by atoms with van der Waals surface area (Å²) in [7, 11) is -1.97. The Morgan fingerprint density at radius 1 is 1.44 bits per heavy atom. The molecule has 0 aliphatic carbocycles. The molecule has 0 amide bonds. The van der Waals surface area contributed by atoms with Crippen molar-refractivity contribution in [3.8, 4) is 0 Å². The monoisotopic (exact) mass is 350 g/mol. The van der Waals surface area contributed by atoms with Crippen LogP contribution in [0.3, 0.4) is 0 Å². The zero-order chi connectivity index (χ0) is 13.9. The lowest BCUT2D eigenvalue weighted by Gasteiger charge is -2.21. The fourth-order valence-corrected chi connectivity index (χ4v) is 3.15. The summed E-state index contributed by atoms with van der Waals surface area (Å²) in [5, 5.41) is -0.854. The van der Waals surface area contributed by atoms with Crippen molar-refractivity contribution in [1.29, 1.82) is 0 Å². The molecule has 0 aliphatic rings. The number of nitrogens with zero attached hydrogens (tertiary/aromatic N) is 1. The van der Waals surface area contributed by atoms with E-state index in [1.807, 2.05) is 24.3 Å². The first kappa shape index (κ1) is 15.6. The van der Waals surface area contributed by atoms with E-state index >= 15 is 0 Å². The fraction of sp³-hybridized carbons (Fsp3) is 0.364. The lowest BCUT2D eigenvalue weighted by molar-refractivity contribution is 0.464. The van der Waals surface area contributed by atoms with Crippen molar-refractivity contribution in [1.82, 2.24) is 4.31 Å². The lowest BCUT2D eigenvalue weighted by Crippen LogP contribution is -2.40. The quantitative estimate of drug-likeness (QED) is 0.823. The Kier molecular flexibility index (Phi) is 5.27. The van der Waals surface area contributed by atoms with Gasteiger partial charge in [0, 0.05) is 18.1 Å². The van der Waals surface area contributed by atoms with Crippen molar-refractivity contribution in [2.24, 2.45) is 5.73 Å². The van der Waals surface area contributed by atoms with Gasteiger partial charge in [0.05, 0.1) is 4.99 Å². The summed E-state index contributed by atoms with van der Waals surface area (Å²) < 4.78 is 26.4. The molecule has 0 bridgehead atoms. The van der Waals surface area contributed by atoms with Gasteiger partial charge in [-0.25, -0.2) is 12.7 Å². The fourth-order valence-electron chi connectivity index (χ4n) is 1.35. The number of nitrogens with two attached hydrogens (primary N) is 1. The average Bonchev–Trinajstić information content (AvgIpc) is 2.30. The molecule has 7 heteroatoms. The van der Waals surface area contributed by atoms with Crippen LogP contribution in [0.5, 0.6) is 0 Å². The van der Waals surface area contributed by atoms with Crippen LogP contribution in [0.4, 0.5) is 0 Å². The minimum atomic E-state index is -3.49. The second-order valence-corrected chi connectivity index (χ2v) is 7.72. The first-order valence-electron chi connectivity index (χ1n) is 5.24. The van der Waals surface area contributed by atoms with Crippen LogP contribution in [0.25, 0.3) is 0 Å². The van der Waals surface area contributed by atoms with E-state index in [1.165, 1.54) is 18.3 Å². The number of hydrogen-bond acceptors (Lipinski definition) is 3. The second-order valence-electron chi connectivity index (χ2n) is 3.97. The number of benzene rings is 1. The van der Waals surface area contributed by atoms with Gasteiger partial charge in [-0.3, -0.25) is 0 Å². The van der Waals surface area contributed by atoms with Gasteiger partial charge < -0.3 is 5.73 Å². The van der Waals surface area contributed by atoms with Crippen molar-refractivity contribution in [3.05, 3.63) is 34.3 Å². The third kappa shape index (κ3) is 3.74. The van der Waals surface area contributed by atoms with Crippen LogP contribution in [0, 0.1) is 0 Å². The van der Waals surface area contributed by atoms with Crippen LogP contribution >= 0.6 is 28.1 Å². The Labute approximate surface area is 121 Å². The maximum Gasteiger partial charge on any atom is 0.223 e. The van der Waals surface area contributed by atoms with Crippen LogP contribution in [0.15, 0.2) is 28.7 Å². The molecule has 0 heterocycles. The Hall–Kier alpha value is -0.500. The van der Waals surface area contributed by atoms with Crippen molar-refractivity contribution in [2.75, 3.05) is 7.05 Å². The van der Waals surface area contributed by atoms with Crippen LogP contribution in [0.1, 0.15) is 12.5 Å².